The summed E-state index contributed by atoms with van der Waals surface area (Å²) in [4.78, 5) is 11.8. The zero-order chi connectivity index (χ0) is 19.4. The number of ether oxygens (including phenoxy) is 1. The first-order valence-corrected chi connectivity index (χ1v) is 9.85. The van der Waals surface area contributed by atoms with Crippen molar-refractivity contribution in [3.05, 3.63) is 76.1 Å². The molecule has 0 aliphatic heterocycles. The van der Waals surface area contributed by atoms with Gasteiger partial charge in [0.2, 0.25) is 0 Å². The van der Waals surface area contributed by atoms with Gasteiger partial charge >= 0.3 is 0 Å². The van der Waals surface area contributed by atoms with E-state index in [2.05, 4.69) is 45.0 Å². The Morgan fingerprint density at radius 3 is 2.37 bits per heavy atom. The van der Waals surface area contributed by atoms with Crippen LogP contribution in [0.2, 0.25) is 0 Å². The van der Waals surface area contributed by atoms with Crippen LogP contribution in [-0.4, -0.2) is 4.57 Å². The molecule has 0 radical (unpaired) electrons. The Bertz CT molecular complexity index is 975. The van der Waals surface area contributed by atoms with Crippen LogP contribution < -0.4 is 10.3 Å². The minimum Gasteiger partial charge on any atom is -0.489 e. The summed E-state index contributed by atoms with van der Waals surface area (Å²) in [5, 5.41) is 1.05. The molecular weight excluding hydrogens is 334 g/mol. The van der Waals surface area contributed by atoms with Gasteiger partial charge in [0.05, 0.1) is 5.52 Å². The topological polar surface area (TPSA) is 31.2 Å². The first-order valence-electron chi connectivity index (χ1n) is 9.85. The molecule has 0 atom stereocenters. The lowest BCUT2D eigenvalue weighted by Gasteiger charge is -2.31. The number of aromatic nitrogens is 1. The third kappa shape index (κ3) is 3.78. The molecule has 3 heteroatoms. The quantitative estimate of drug-likeness (QED) is 0.548. The van der Waals surface area contributed by atoms with Crippen molar-refractivity contribution < 1.29 is 4.74 Å². The van der Waals surface area contributed by atoms with Gasteiger partial charge in [-0.1, -0.05) is 39.0 Å². The van der Waals surface area contributed by atoms with Crippen LogP contribution in [0.15, 0.2) is 59.4 Å². The molecule has 0 spiro atoms. The highest BCUT2D eigenvalue weighted by Gasteiger charge is 2.26. The maximum atomic E-state index is 11.8. The van der Waals surface area contributed by atoms with Crippen molar-refractivity contribution in [3.63, 3.8) is 0 Å². The molecule has 1 heterocycles. The van der Waals surface area contributed by atoms with Crippen LogP contribution in [0.5, 0.6) is 5.75 Å². The standard InChI is InChI=1S/C24H29NO2/c1-5-24(6-2,7-3)20-9-8-10-21(16-20)27-17-18-11-13-22-19(15-18)12-14-23(26)25(22)4/h8-16H,5-7,17H2,1-4H3. The molecule has 0 unspecified atom stereocenters. The molecule has 0 N–H and O–H groups in total. The van der Waals surface area contributed by atoms with Crippen molar-refractivity contribution in [1.82, 2.24) is 4.57 Å². The van der Waals surface area contributed by atoms with E-state index in [1.807, 2.05) is 24.3 Å². The summed E-state index contributed by atoms with van der Waals surface area (Å²) in [6.45, 7) is 7.31. The van der Waals surface area contributed by atoms with Gasteiger partial charge in [-0.3, -0.25) is 4.79 Å². The van der Waals surface area contributed by atoms with Crippen molar-refractivity contribution in [2.24, 2.45) is 7.05 Å². The van der Waals surface area contributed by atoms with Gasteiger partial charge in [-0.15, -0.1) is 0 Å². The zero-order valence-corrected chi connectivity index (χ0v) is 16.8. The van der Waals surface area contributed by atoms with Crippen LogP contribution >= 0.6 is 0 Å². The minimum absolute atomic E-state index is 0.00886. The van der Waals surface area contributed by atoms with E-state index in [0.717, 1.165) is 41.5 Å². The first-order chi connectivity index (χ1) is 13.0. The first kappa shape index (κ1) is 19.2. The molecule has 2 aromatic carbocycles. The second-order valence-corrected chi connectivity index (χ2v) is 7.28. The van der Waals surface area contributed by atoms with Gasteiger partial charge in [-0.2, -0.15) is 0 Å². The van der Waals surface area contributed by atoms with Crippen molar-refractivity contribution in [2.45, 2.75) is 52.1 Å². The number of benzene rings is 2. The fraction of sp³-hybridized carbons (Fsp3) is 0.375. The van der Waals surface area contributed by atoms with Gasteiger partial charge in [0.1, 0.15) is 12.4 Å². The third-order valence-corrected chi connectivity index (χ3v) is 6.07. The van der Waals surface area contributed by atoms with Crippen molar-refractivity contribution in [3.8, 4) is 5.75 Å². The maximum absolute atomic E-state index is 11.8. The molecule has 0 aliphatic rings. The van der Waals surface area contributed by atoms with Gasteiger partial charge in [-0.25, -0.2) is 0 Å². The second-order valence-electron chi connectivity index (χ2n) is 7.28. The lowest BCUT2D eigenvalue weighted by atomic mass is 9.74. The van der Waals surface area contributed by atoms with Crippen LogP contribution in [0.3, 0.4) is 0 Å². The number of hydrogen-bond donors (Lipinski definition) is 0. The molecular formula is C24H29NO2. The van der Waals surface area contributed by atoms with Gasteiger partial charge in [-0.05, 0) is 71.5 Å². The molecule has 142 valence electrons. The fourth-order valence-corrected chi connectivity index (χ4v) is 3.97. The Balaban J connectivity index is 1.81. The van der Waals surface area contributed by atoms with E-state index < -0.39 is 0 Å². The molecule has 3 rings (SSSR count). The highest BCUT2D eigenvalue weighted by Crippen LogP contribution is 2.36. The molecule has 0 bridgehead atoms. The van der Waals surface area contributed by atoms with Gasteiger partial charge in [0.15, 0.2) is 0 Å². The van der Waals surface area contributed by atoms with Crippen molar-refractivity contribution in [2.75, 3.05) is 0 Å². The van der Waals surface area contributed by atoms with Crippen molar-refractivity contribution in [1.29, 1.82) is 0 Å². The summed E-state index contributed by atoms with van der Waals surface area (Å²) in [6.07, 6.45) is 3.40. The average molecular weight is 364 g/mol. The Morgan fingerprint density at radius 2 is 1.67 bits per heavy atom. The van der Waals surface area contributed by atoms with Crippen LogP contribution in [0.4, 0.5) is 0 Å². The number of pyridine rings is 1. The number of rotatable bonds is 7. The van der Waals surface area contributed by atoms with E-state index >= 15 is 0 Å². The maximum Gasteiger partial charge on any atom is 0.250 e. The van der Waals surface area contributed by atoms with Gasteiger partial charge in [0.25, 0.3) is 5.56 Å². The minimum atomic E-state index is 0.00886. The summed E-state index contributed by atoms with van der Waals surface area (Å²) >= 11 is 0. The molecule has 0 amide bonds. The zero-order valence-electron chi connectivity index (χ0n) is 16.8. The van der Waals surface area contributed by atoms with E-state index in [1.165, 1.54) is 5.56 Å². The predicted octanol–water partition coefficient (Wildman–Crippen LogP) is 5.59. The number of hydrogen-bond acceptors (Lipinski definition) is 2. The third-order valence-electron chi connectivity index (χ3n) is 6.07. The summed E-state index contributed by atoms with van der Waals surface area (Å²) in [7, 11) is 1.80. The highest BCUT2D eigenvalue weighted by molar-refractivity contribution is 5.79. The van der Waals surface area contributed by atoms with Crippen LogP contribution in [0.25, 0.3) is 10.9 Å². The number of fused-ring (bicyclic) bond motifs is 1. The summed E-state index contributed by atoms with van der Waals surface area (Å²) in [5.74, 6) is 0.910. The molecule has 3 nitrogen and oxygen atoms in total. The second kappa shape index (κ2) is 7.99. The van der Waals surface area contributed by atoms with Crippen LogP contribution in [0, 0.1) is 0 Å². The summed E-state index contributed by atoms with van der Waals surface area (Å²) < 4.78 is 7.77. The summed E-state index contributed by atoms with van der Waals surface area (Å²) in [6, 6.07) is 18.1. The number of aryl methyl sites for hydroxylation is 1. The molecule has 0 saturated heterocycles. The van der Waals surface area contributed by atoms with E-state index in [-0.39, 0.29) is 11.0 Å². The van der Waals surface area contributed by atoms with E-state index in [0.29, 0.717) is 6.61 Å². The molecule has 1 aromatic heterocycles. The molecule has 0 saturated carbocycles. The Labute approximate surface area is 161 Å². The van der Waals surface area contributed by atoms with Gasteiger partial charge in [0, 0.05) is 13.1 Å². The SMILES string of the molecule is CCC(CC)(CC)c1cccc(OCc2ccc3c(ccc(=O)n3C)c2)c1. The Kier molecular flexibility index (Phi) is 5.69. The van der Waals surface area contributed by atoms with Crippen LogP contribution in [0.1, 0.15) is 51.2 Å². The largest absolute Gasteiger partial charge is 0.489 e. The normalized spacial score (nSPS) is 11.7. The van der Waals surface area contributed by atoms with Crippen molar-refractivity contribution >= 4 is 10.9 Å². The van der Waals surface area contributed by atoms with Gasteiger partial charge < -0.3 is 9.30 Å². The van der Waals surface area contributed by atoms with E-state index in [4.69, 9.17) is 4.74 Å². The molecule has 27 heavy (non-hydrogen) atoms. The lowest BCUT2D eigenvalue weighted by molar-refractivity contribution is 0.303. The highest BCUT2D eigenvalue weighted by atomic mass is 16.5. The molecule has 0 aliphatic carbocycles. The molecule has 0 fully saturated rings. The Morgan fingerprint density at radius 1 is 0.926 bits per heavy atom. The fourth-order valence-electron chi connectivity index (χ4n) is 3.97. The smallest absolute Gasteiger partial charge is 0.250 e. The van der Waals surface area contributed by atoms with E-state index in [1.54, 1.807) is 17.7 Å². The molecule has 3 aromatic rings. The lowest BCUT2D eigenvalue weighted by Crippen LogP contribution is -2.23. The monoisotopic (exact) mass is 363 g/mol. The average Bonchev–Trinajstić information content (AvgIpc) is 2.71. The predicted molar refractivity (Wildman–Crippen MR) is 113 cm³/mol. The van der Waals surface area contributed by atoms with Crippen LogP contribution in [-0.2, 0) is 19.1 Å². The Hall–Kier alpha value is -2.55. The number of nitrogens with zero attached hydrogens (tertiary/aromatic N) is 1. The summed E-state index contributed by atoms with van der Waals surface area (Å²) in [5.41, 5.74) is 3.63. The van der Waals surface area contributed by atoms with E-state index in [9.17, 15) is 4.79 Å².